The lowest BCUT2D eigenvalue weighted by Crippen LogP contribution is -2.14. The summed E-state index contributed by atoms with van der Waals surface area (Å²) < 4.78 is 13.5. The van der Waals surface area contributed by atoms with Crippen LogP contribution in [0.3, 0.4) is 0 Å². The van der Waals surface area contributed by atoms with Crippen LogP contribution in [0.25, 0.3) is 0 Å². The van der Waals surface area contributed by atoms with Crippen LogP contribution in [0, 0.1) is 12.7 Å². The molecule has 1 aromatic heterocycles. The maximum absolute atomic E-state index is 13.5. The quantitative estimate of drug-likeness (QED) is 0.845. The van der Waals surface area contributed by atoms with Gasteiger partial charge in [-0.2, -0.15) is 0 Å². The van der Waals surface area contributed by atoms with Crippen LogP contribution in [-0.2, 0) is 0 Å². The average Bonchev–Trinajstić information content (AvgIpc) is 2.34. The first-order valence-corrected chi connectivity index (χ1v) is 5.64. The highest BCUT2D eigenvalue weighted by atomic mass is 35.5. The normalized spacial score (nSPS) is 10.2. The number of carbonyl (C=O) groups excluding carboxylic acids is 1. The first-order chi connectivity index (χ1) is 8.56. The maximum Gasteiger partial charge on any atom is 0.274 e. The van der Waals surface area contributed by atoms with Gasteiger partial charge in [-0.3, -0.25) is 4.79 Å². The Labute approximate surface area is 109 Å². The van der Waals surface area contributed by atoms with Crippen LogP contribution in [0.2, 0.25) is 5.15 Å². The van der Waals surface area contributed by atoms with Gasteiger partial charge in [0.25, 0.3) is 5.91 Å². The largest absolute Gasteiger partial charge is 0.318 e. The number of pyridine rings is 1. The van der Waals surface area contributed by atoms with E-state index in [2.05, 4.69) is 10.3 Å². The zero-order valence-corrected chi connectivity index (χ0v) is 10.3. The van der Waals surface area contributed by atoms with Crippen molar-refractivity contribution in [2.45, 2.75) is 6.92 Å². The van der Waals surface area contributed by atoms with E-state index in [0.717, 1.165) is 5.56 Å². The van der Waals surface area contributed by atoms with Gasteiger partial charge in [0.2, 0.25) is 0 Å². The summed E-state index contributed by atoms with van der Waals surface area (Å²) in [6, 6.07) is 9.16. The second-order valence-electron chi connectivity index (χ2n) is 3.78. The minimum atomic E-state index is -0.498. The fraction of sp³-hybridized carbons (Fsp3) is 0.0769. The van der Waals surface area contributed by atoms with E-state index in [-0.39, 0.29) is 16.5 Å². The summed E-state index contributed by atoms with van der Waals surface area (Å²) in [7, 11) is 0. The van der Waals surface area contributed by atoms with Crippen molar-refractivity contribution in [1.29, 1.82) is 0 Å². The Morgan fingerprint density at radius 1 is 1.33 bits per heavy atom. The van der Waals surface area contributed by atoms with Crippen molar-refractivity contribution >= 4 is 23.2 Å². The molecule has 0 spiro atoms. The number of nitrogens with one attached hydrogen (secondary N) is 1. The van der Waals surface area contributed by atoms with Crippen LogP contribution >= 0.6 is 11.6 Å². The van der Waals surface area contributed by atoms with Crippen molar-refractivity contribution in [2.75, 3.05) is 5.32 Å². The minimum Gasteiger partial charge on any atom is -0.318 e. The summed E-state index contributed by atoms with van der Waals surface area (Å²) in [4.78, 5) is 15.7. The van der Waals surface area contributed by atoms with Gasteiger partial charge in [-0.15, -0.1) is 0 Å². The predicted molar refractivity (Wildman–Crippen MR) is 68.3 cm³/mol. The second-order valence-corrected chi connectivity index (χ2v) is 4.17. The van der Waals surface area contributed by atoms with Gasteiger partial charge >= 0.3 is 0 Å². The van der Waals surface area contributed by atoms with Gasteiger partial charge in [-0.05, 0) is 36.8 Å². The maximum atomic E-state index is 13.5. The number of anilines is 1. The molecule has 0 radical (unpaired) electrons. The third kappa shape index (κ3) is 2.84. The third-order valence-electron chi connectivity index (χ3n) is 2.32. The molecule has 92 valence electrons. The van der Waals surface area contributed by atoms with Gasteiger partial charge in [0.1, 0.15) is 16.7 Å². The number of aromatic nitrogens is 1. The fourth-order valence-corrected chi connectivity index (χ4v) is 1.62. The van der Waals surface area contributed by atoms with Gasteiger partial charge in [0.15, 0.2) is 0 Å². The Morgan fingerprint density at radius 3 is 2.83 bits per heavy atom. The molecule has 2 aromatic rings. The second kappa shape index (κ2) is 5.14. The summed E-state index contributed by atoms with van der Waals surface area (Å²) in [5.74, 6) is -0.988. The summed E-state index contributed by atoms with van der Waals surface area (Å²) >= 11 is 5.68. The first kappa shape index (κ1) is 12.5. The first-order valence-electron chi connectivity index (χ1n) is 5.26. The molecule has 5 heteroatoms. The Balaban J connectivity index is 2.24. The van der Waals surface area contributed by atoms with E-state index in [0.29, 0.717) is 0 Å². The van der Waals surface area contributed by atoms with Gasteiger partial charge in [0, 0.05) is 0 Å². The van der Waals surface area contributed by atoms with Crippen LogP contribution in [0.5, 0.6) is 0 Å². The lowest BCUT2D eigenvalue weighted by Gasteiger charge is -2.06. The van der Waals surface area contributed by atoms with Crippen molar-refractivity contribution < 1.29 is 9.18 Å². The van der Waals surface area contributed by atoms with Crippen molar-refractivity contribution in [1.82, 2.24) is 4.98 Å². The summed E-state index contributed by atoms with van der Waals surface area (Å²) in [6.45, 7) is 1.81. The molecular weight excluding hydrogens is 255 g/mol. The number of hydrogen-bond acceptors (Lipinski definition) is 2. The molecule has 0 unspecified atom stereocenters. The number of nitrogens with zero attached hydrogens (tertiary/aromatic N) is 1. The summed E-state index contributed by atoms with van der Waals surface area (Å²) in [5.41, 5.74) is 1.12. The van der Waals surface area contributed by atoms with Crippen LogP contribution in [0.4, 0.5) is 10.1 Å². The van der Waals surface area contributed by atoms with E-state index < -0.39 is 11.7 Å². The zero-order valence-electron chi connectivity index (χ0n) is 9.58. The SMILES string of the molecule is Cc1ccc(F)c(NC(=O)c2cccc(Cl)n2)c1. The van der Waals surface area contributed by atoms with E-state index in [4.69, 9.17) is 11.6 Å². The number of aryl methyl sites for hydroxylation is 1. The lowest BCUT2D eigenvalue weighted by molar-refractivity contribution is 0.102. The van der Waals surface area contributed by atoms with Crippen molar-refractivity contribution in [3.05, 3.63) is 58.6 Å². The van der Waals surface area contributed by atoms with E-state index >= 15 is 0 Å². The monoisotopic (exact) mass is 264 g/mol. The Kier molecular flexibility index (Phi) is 3.58. The van der Waals surface area contributed by atoms with Crippen LogP contribution < -0.4 is 5.32 Å². The molecule has 0 atom stereocenters. The van der Waals surface area contributed by atoms with Crippen LogP contribution in [-0.4, -0.2) is 10.9 Å². The number of benzene rings is 1. The number of amides is 1. The van der Waals surface area contributed by atoms with Gasteiger partial charge in [-0.1, -0.05) is 23.7 Å². The van der Waals surface area contributed by atoms with Crippen molar-refractivity contribution in [2.24, 2.45) is 0 Å². The Hall–Kier alpha value is -1.94. The molecule has 0 saturated heterocycles. The number of hydrogen-bond donors (Lipinski definition) is 1. The molecule has 1 N–H and O–H groups in total. The molecule has 2 rings (SSSR count). The van der Waals surface area contributed by atoms with Crippen LogP contribution in [0.15, 0.2) is 36.4 Å². The molecule has 0 aliphatic rings. The number of carbonyl (C=O) groups is 1. The topological polar surface area (TPSA) is 42.0 Å². The molecule has 1 aromatic carbocycles. The Bertz CT molecular complexity index is 601. The van der Waals surface area contributed by atoms with Gasteiger partial charge < -0.3 is 5.32 Å². The van der Waals surface area contributed by atoms with E-state index in [1.165, 1.54) is 12.1 Å². The third-order valence-corrected chi connectivity index (χ3v) is 2.53. The van der Waals surface area contributed by atoms with Gasteiger partial charge in [-0.25, -0.2) is 9.37 Å². The lowest BCUT2D eigenvalue weighted by atomic mass is 10.2. The Morgan fingerprint density at radius 2 is 2.11 bits per heavy atom. The average molecular weight is 265 g/mol. The molecule has 0 aliphatic heterocycles. The van der Waals surface area contributed by atoms with E-state index in [1.807, 2.05) is 6.92 Å². The minimum absolute atomic E-state index is 0.127. The smallest absolute Gasteiger partial charge is 0.274 e. The van der Waals surface area contributed by atoms with E-state index in [9.17, 15) is 9.18 Å². The van der Waals surface area contributed by atoms with Gasteiger partial charge in [0.05, 0.1) is 5.69 Å². The molecule has 18 heavy (non-hydrogen) atoms. The highest BCUT2D eigenvalue weighted by Crippen LogP contribution is 2.16. The highest BCUT2D eigenvalue weighted by Gasteiger charge is 2.10. The molecule has 1 heterocycles. The standard InChI is InChI=1S/C13H10ClFN2O/c1-8-5-6-9(15)11(7-8)17-13(18)10-3-2-4-12(14)16-10/h2-7H,1H3,(H,17,18). The molecule has 0 fully saturated rings. The van der Waals surface area contributed by atoms with Crippen molar-refractivity contribution in [3.8, 4) is 0 Å². The molecule has 3 nitrogen and oxygen atoms in total. The molecule has 1 amide bonds. The summed E-state index contributed by atoms with van der Waals surface area (Å²) in [5, 5.41) is 2.67. The van der Waals surface area contributed by atoms with Crippen LogP contribution in [0.1, 0.15) is 16.1 Å². The number of rotatable bonds is 2. The van der Waals surface area contributed by atoms with E-state index in [1.54, 1.807) is 24.3 Å². The zero-order chi connectivity index (χ0) is 13.1. The fourth-order valence-electron chi connectivity index (χ4n) is 1.46. The highest BCUT2D eigenvalue weighted by molar-refractivity contribution is 6.29. The molecule has 0 aliphatic carbocycles. The molecule has 0 saturated carbocycles. The summed E-state index contributed by atoms with van der Waals surface area (Å²) in [6.07, 6.45) is 0. The predicted octanol–water partition coefficient (Wildman–Crippen LogP) is 3.43. The number of halogens is 2. The molecular formula is C13H10ClFN2O. The van der Waals surface area contributed by atoms with Crippen molar-refractivity contribution in [3.63, 3.8) is 0 Å². The molecule has 0 bridgehead atoms.